The van der Waals surface area contributed by atoms with Crippen LogP contribution in [0.25, 0.3) is 0 Å². The van der Waals surface area contributed by atoms with Gasteiger partial charge in [0.2, 0.25) is 0 Å². The summed E-state index contributed by atoms with van der Waals surface area (Å²) in [5, 5.41) is 11.9. The van der Waals surface area contributed by atoms with E-state index in [9.17, 15) is 14.4 Å². The van der Waals surface area contributed by atoms with E-state index in [1.54, 1.807) is 20.9 Å². The topological polar surface area (TPSA) is 95.9 Å². The standard InChI is InChI=1S/C15H26N2O5/c1-4-22-13(18)9-10(2)17(3)15(21)16-12-7-5-11(6-8-12)14(19)20/h10-12H,4-9H2,1-3H3,(H,16,21)(H,19,20). The lowest BCUT2D eigenvalue weighted by atomic mass is 9.86. The van der Waals surface area contributed by atoms with Crippen LogP contribution in [0, 0.1) is 5.92 Å². The van der Waals surface area contributed by atoms with E-state index in [4.69, 9.17) is 9.84 Å². The fourth-order valence-corrected chi connectivity index (χ4v) is 2.56. The van der Waals surface area contributed by atoms with Crippen molar-refractivity contribution in [1.29, 1.82) is 0 Å². The Morgan fingerprint density at radius 3 is 2.36 bits per heavy atom. The summed E-state index contributed by atoms with van der Waals surface area (Å²) in [7, 11) is 1.64. The molecular weight excluding hydrogens is 288 g/mol. The SMILES string of the molecule is CCOC(=O)CC(C)N(C)C(=O)NC1CCC(C(=O)O)CC1. The van der Waals surface area contributed by atoms with Crippen LogP contribution in [-0.2, 0) is 14.3 Å². The van der Waals surface area contributed by atoms with Gasteiger partial charge in [-0.15, -0.1) is 0 Å². The molecular formula is C15H26N2O5. The highest BCUT2D eigenvalue weighted by atomic mass is 16.5. The number of urea groups is 1. The van der Waals surface area contributed by atoms with Crippen LogP contribution in [0.2, 0.25) is 0 Å². The first-order valence-electron chi connectivity index (χ1n) is 7.76. The van der Waals surface area contributed by atoms with Crippen molar-refractivity contribution in [2.45, 2.75) is 58.0 Å². The molecule has 0 aliphatic heterocycles. The Kier molecular flexibility index (Phi) is 7.14. The minimum atomic E-state index is -0.759. The maximum atomic E-state index is 12.2. The molecule has 7 heteroatoms. The number of amides is 2. The van der Waals surface area contributed by atoms with Crippen molar-refractivity contribution < 1.29 is 24.2 Å². The highest BCUT2D eigenvalue weighted by molar-refractivity contribution is 5.76. The molecule has 0 bridgehead atoms. The van der Waals surface area contributed by atoms with E-state index in [2.05, 4.69) is 5.32 Å². The van der Waals surface area contributed by atoms with Crippen molar-refractivity contribution in [3.63, 3.8) is 0 Å². The average Bonchev–Trinajstić information content (AvgIpc) is 2.47. The van der Waals surface area contributed by atoms with E-state index in [0.29, 0.717) is 32.3 Å². The smallest absolute Gasteiger partial charge is 0.317 e. The number of rotatable bonds is 6. The first-order valence-corrected chi connectivity index (χ1v) is 7.76. The Balaban J connectivity index is 2.38. The molecule has 22 heavy (non-hydrogen) atoms. The predicted molar refractivity (Wildman–Crippen MR) is 80.4 cm³/mol. The van der Waals surface area contributed by atoms with Crippen LogP contribution >= 0.6 is 0 Å². The molecule has 0 saturated heterocycles. The molecule has 1 aliphatic rings. The van der Waals surface area contributed by atoms with Crippen LogP contribution in [-0.4, -0.2) is 53.7 Å². The summed E-state index contributed by atoms with van der Waals surface area (Å²) in [6.07, 6.45) is 2.67. The van der Waals surface area contributed by atoms with Gasteiger partial charge in [-0.2, -0.15) is 0 Å². The van der Waals surface area contributed by atoms with Crippen LogP contribution in [0.15, 0.2) is 0 Å². The van der Waals surface area contributed by atoms with Crippen molar-refractivity contribution >= 4 is 18.0 Å². The monoisotopic (exact) mass is 314 g/mol. The predicted octanol–water partition coefficient (Wildman–Crippen LogP) is 1.61. The molecule has 2 amide bonds. The maximum absolute atomic E-state index is 12.2. The third-order valence-electron chi connectivity index (χ3n) is 4.15. The molecule has 126 valence electrons. The number of nitrogens with zero attached hydrogens (tertiary/aromatic N) is 1. The van der Waals surface area contributed by atoms with Gasteiger partial charge in [-0.25, -0.2) is 4.79 Å². The zero-order valence-corrected chi connectivity index (χ0v) is 13.5. The second kappa shape index (κ2) is 8.60. The van der Waals surface area contributed by atoms with E-state index >= 15 is 0 Å². The van der Waals surface area contributed by atoms with E-state index in [1.165, 1.54) is 4.90 Å². The second-order valence-corrected chi connectivity index (χ2v) is 5.81. The lowest BCUT2D eigenvalue weighted by Gasteiger charge is -2.30. The first kappa shape index (κ1) is 18.3. The third kappa shape index (κ3) is 5.54. The molecule has 0 aromatic heterocycles. The van der Waals surface area contributed by atoms with Gasteiger partial charge in [-0.05, 0) is 39.5 Å². The van der Waals surface area contributed by atoms with Gasteiger partial charge in [-0.1, -0.05) is 0 Å². The molecule has 1 atom stereocenters. The number of aliphatic carboxylic acids is 1. The lowest BCUT2D eigenvalue weighted by Crippen LogP contribution is -2.48. The highest BCUT2D eigenvalue weighted by Crippen LogP contribution is 2.24. The summed E-state index contributed by atoms with van der Waals surface area (Å²) < 4.78 is 4.87. The molecule has 0 spiro atoms. The molecule has 1 unspecified atom stereocenters. The van der Waals surface area contributed by atoms with Gasteiger partial charge in [0.25, 0.3) is 0 Å². The highest BCUT2D eigenvalue weighted by Gasteiger charge is 2.28. The van der Waals surface area contributed by atoms with Crippen molar-refractivity contribution in [3.8, 4) is 0 Å². The van der Waals surface area contributed by atoms with E-state index in [0.717, 1.165) is 0 Å². The number of esters is 1. The number of carbonyl (C=O) groups excluding carboxylic acids is 2. The summed E-state index contributed by atoms with van der Waals surface area (Å²) in [6.45, 7) is 3.86. The number of hydrogen-bond donors (Lipinski definition) is 2. The van der Waals surface area contributed by atoms with Gasteiger partial charge in [0.05, 0.1) is 18.9 Å². The normalized spacial score (nSPS) is 22.5. The van der Waals surface area contributed by atoms with Crippen LogP contribution in [0.3, 0.4) is 0 Å². The number of ether oxygens (including phenoxy) is 1. The Labute approximate surface area is 131 Å². The number of carboxylic acids is 1. The van der Waals surface area contributed by atoms with Crippen molar-refractivity contribution in [3.05, 3.63) is 0 Å². The van der Waals surface area contributed by atoms with Gasteiger partial charge in [-0.3, -0.25) is 9.59 Å². The largest absolute Gasteiger partial charge is 0.481 e. The Hall–Kier alpha value is -1.79. The van der Waals surface area contributed by atoms with Crippen molar-refractivity contribution in [2.24, 2.45) is 5.92 Å². The Morgan fingerprint density at radius 1 is 1.27 bits per heavy atom. The summed E-state index contributed by atoms with van der Waals surface area (Å²) in [4.78, 5) is 36.0. The van der Waals surface area contributed by atoms with Crippen LogP contribution in [0.5, 0.6) is 0 Å². The molecule has 0 aromatic rings. The van der Waals surface area contributed by atoms with Crippen molar-refractivity contribution in [2.75, 3.05) is 13.7 Å². The van der Waals surface area contributed by atoms with E-state index in [-0.39, 0.29) is 36.4 Å². The molecule has 1 aliphatic carbocycles. The molecule has 1 saturated carbocycles. The maximum Gasteiger partial charge on any atom is 0.317 e. The van der Waals surface area contributed by atoms with Gasteiger partial charge >= 0.3 is 18.0 Å². The zero-order valence-electron chi connectivity index (χ0n) is 13.5. The quantitative estimate of drug-likeness (QED) is 0.726. The average molecular weight is 314 g/mol. The van der Waals surface area contributed by atoms with E-state index < -0.39 is 5.97 Å². The van der Waals surface area contributed by atoms with Gasteiger partial charge in [0.15, 0.2) is 0 Å². The molecule has 2 N–H and O–H groups in total. The molecule has 0 radical (unpaired) electrons. The van der Waals surface area contributed by atoms with Crippen molar-refractivity contribution in [1.82, 2.24) is 10.2 Å². The molecule has 0 heterocycles. The third-order valence-corrected chi connectivity index (χ3v) is 4.15. The number of nitrogens with one attached hydrogen (secondary N) is 1. The molecule has 1 fully saturated rings. The Bertz CT molecular complexity index is 405. The zero-order chi connectivity index (χ0) is 16.7. The van der Waals surface area contributed by atoms with Gasteiger partial charge in [0, 0.05) is 19.1 Å². The van der Waals surface area contributed by atoms with Crippen LogP contribution in [0.4, 0.5) is 4.79 Å². The lowest BCUT2D eigenvalue weighted by molar-refractivity contribution is -0.144. The van der Waals surface area contributed by atoms with Crippen LogP contribution in [0.1, 0.15) is 46.0 Å². The molecule has 0 aromatic carbocycles. The summed E-state index contributed by atoms with van der Waals surface area (Å²) >= 11 is 0. The number of hydrogen-bond acceptors (Lipinski definition) is 4. The second-order valence-electron chi connectivity index (χ2n) is 5.81. The molecule has 7 nitrogen and oxygen atoms in total. The minimum Gasteiger partial charge on any atom is -0.481 e. The fraction of sp³-hybridized carbons (Fsp3) is 0.800. The number of carbonyl (C=O) groups is 3. The fourth-order valence-electron chi connectivity index (χ4n) is 2.56. The minimum absolute atomic E-state index is 0.000318. The number of carboxylic acid groups (broad SMARTS) is 1. The van der Waals surface area contributed by atoms with Gasteiger partial charge < -0.3 is 20.1 Å². The van der Waals surface area contributed by atoms with Crippen LogP contribution < -0.4 is 5.32 Å². The first-order chi connectivity index (χ1) is 10.3. The molecule has 1 rings (SSSR count). The summed E-state index contributed by atoms with van der Waals surface area (Å²) in [5.74, 6) is -1.38. The summed E-state index contributed by atoms with van der Waals surface area (Å²) in [5.41, 5.74) is 0. The van der Waals surface area contributed by atoms with Gasteiger partial charge in [0.1, 0.15) is 0 Å². The van der Waals surface area contributed by atoms with E-state index in [1.807, 2.05) is 0 Å². The summed E-state index contributed by atoms with van der Waals surface area (Å²) in [6, 6.07) is -0.495. The Morgan fingerprint density at radius 2 is 1.86 bits per heavy atom.